The van der Waals surface area contributed by atoms with Gasteiger partial charge in [0, 0.05) is 28.1 Å². The molecule has 0 amide bonds. The van der Waals surface area contributed by atoms with Crippen LogP contribution in [-0.2, 0) is 10.0 Å². The molecule has 7 heteroatoms. The number of rotatable bonds is 2. The van der Waals surface area contributed by atoms with E-state index in [-0.39, 0.29) is 6.04 Å². The predicted molar refractivity (Wildman–Crippen MR) is 85.1 cm³/mol. The molecule has 0 radical (unpaired) electrons. The Morgan fingerprint density at radius 3 is 2.80 bits per heavy atom. The number of benzene rings is 1. The van der Waals surface area contributed by atoms with Gasteiger partial charge in [0.1, 0.15) is 0 Å². The van der Waals surface area contributed by atoms with Gasteiger partial charge in [-0.3, -0.25) is 0 Å². The average molecular weight is 424 g/mol. The van der Waals surface area contributed by atoms with Crippen LogP contribution in [0.1, 0.15) is 12.8 Å². The van der Waals surface area contributed by atoms with Crippen LogP contribution >= 0.6 is 31.9 Å². The SMILES string of the molecule is O=S(=O)(c1ccc(Br)cc1Br)N1CCCC2CNCC21. The summed E-state index contributed by atoms with van der Waals surface area (Å²) in [7, 11) is -3.44. The van der Waals surface area contributed by atoms with Crippen LogP contribution in [0.4, 0.5) is 0 Å². The molecule has 0 aliphatic carbocycles. The van der Waals surface area contributed by atoms with Gasteiger partial charge in [-0.2, -0.15) is 4.31 Å². The number of hydrogen-bond donors (Lipinski definition) is 1. The monoisotopic (exact) mass is 422 g/mol. The molecular weight excluding hydrogens is 408 g/mol. The van der Waals surface area contributed by atoms with Crippen molar-refractivity contribution >= 4 is 41.9 Å². The molecule has 1 aromatic carbocycles. The van der Waals surface area contributed by atoms with E-state index in [1.54, 1.807) is 22.5 Å². The zero-order valence-corrected chi connectivity index (χ0v) is 14.8. The Hall–Kier alpha value is 0.0500. The lowest BCUT2D eigenvalue weighted by molar-refractivity contribution is 0.217. The summed E-state index contributed by atoms with van der Waals surface area (Å²) in [5.74, 6) is 0.452. The molecule has 1 N–H and O–H groups in total. The van der Waals surface area contributed by atoms with Crippen LogP contribution in [0.5, 0.6) is 0 Å². The van der Waals surface area contributed by atoms with E-state index >= 15 is 0 Å². The summed E-state index contributed by atoms with van der Waals surface area (Å²) in [5, 5.41) is 3.32. The van der Waals surface area contributed by atoms with Gasteiger partial charge in [-0.15, -0.1) is 0 Å². The van der Waals surface area contributed by atoms with Crippen molar-refractivity contribution in [3.63, 3.8) is 0 Å². The van der Waals surface area contributed by atoms with Crippen LogP contribution in [-0.4, -0.2) is 38.4 Å². The Bertz CT molecular complexity index is 621. The molecule has 0 spiro atoms. The number of piperidine rings is 1. The van der Waals surface area contributed by atoms with Crippen molar-refractivity contribution in [2.45, 2.75) is 23.8 Å². The molecule has 1 aromatic rings. The van der Waals surface area contributed by atoms with E-state index in [1.165, 1.54) is 0 Å². The summed E-state index contributed by atoms with van der Waals surface area (Å²) in [4.78, 5) is 0.355. The summed E-state index contributed by atoms with van der Waals surface area (Å²) >= 11 is 6.73. The highest BCUT2D eigenvalue weighted by atomic mass is 79.9. The number of nitrogens with zero attached hydrogens (tertiary/aromatic N) is 1. The highest BCUT2D eigenvalue weighted by molar-refractivity contribution is 9.11. The Balaban J connectivity index is 1.98. The standard InChI is InChI=1S/C13H16Br2N2O2S/c14-10-3-4-13(11(15)6-10)20(18,19)17-5-1-2-9-7-16-8-12(9)17/h3-4,6,9,12,16H,1-2,5,7-8H2. The summed E-state index contributed by atoms with van der Waals surface area (Å²) < 4.78 is 29.0. The average Bonchev–Trinajstić information content (AvgIpc) is 2.85. The van der Waals surface area contributed by atoms with Gasteiger partial charge in [0.05, 0.1) is 4.90 Å². The third-order valence-corrected chi connectivity index (χ3v) is 7.50. The first-order valence-electron chi connectivity index (χ1n) is 6.68. The third-order valence-electron chi connectivity index (χ3n) is 4.11. The van der Waals surface area contributed by atoms with E-state index in [4.69, 9.17) is 0 Å². The highest BCUT2D eigenvalue weighted by Crippen LogP contribution is 2.34. The molecule has 3 rings (SSSR count). The summed E-state index contributed by atoms with van der Waals surface area (Å²) in [6, 6.07) is 5.31. The zero-order valence-electron chi connectivity index (χ0n) is 10.9. The normalized spacial score (nSPS) is 27.5. The summed E-state index contributed by atoms with van der Waals surface area (Å²) in [5.41, 5.74) is 0. The quantitative estimate of drug-likeness (QED) is 0.795. The van der Waals surface area contributed by atoms with Gasteiger partial charge in [-0.25, -0.2) is 8.42 Å². The van der Waals surface area contributed by atoms with Crippen molar-refractivity contribution in [3.05, 3.63) is 27.1 Å². The van der Waals surface area contributed by atoms with Gasteiger partial charge >= 0.3 is 0 Å². The van der Waals surface area contributed by atoms with Gasteiger partial charge in [0.15, 0.2) is 0 Å². The molecule has 110 valence electrons. The smallest absolute Gasteiger partial charge is 0.244 e. The minimum absolute atomic E-state index is 0.101. The van der Waals surface area contributed by atoms with Crippen molar-refractivity contribution in [2.24, 2.45) is 5.92 Å². The molecule has 0 aromatic heterocycles. The van der Waals surface area contributed by atoms with Crippen molar-refractivity contribution in [1.29, 1.82) is 0 Å². The minimum atomic E-state index is -3.44. The first-order valence-corrected chi connectivity index (χ1v) is 9.70. The fraction of sp³-hybridized carbons (Fsp3) is 0.538. The zero-order chi connectivity index (χ0) is 14.3. The van der Waals surface area contributed by atoms with E-state index in [0.717, 1.165) is 30.4 Å². The predicted octanol–water partition coefficient (Wildman–Crippen LogP) is 2.58. The highest BCUT2D eigenvalue weighted by Gasteiger charge is 2.41. The van der Waals surface area contributed by atoms with Crippen LogP contribution < -0.4 is 5.32 Å². The fourth-order valence-corrected chi connectivity index (χ4v) is 6.57. The van der Waals surface area contributed by atoms with E-state index in [1.807, 2.05) is 0 Å². The second-order valence-electron chi connectivity index (χ2n) is 5.32. The Labute approximate surface area is 136 Å². The fourth-order valence-electron chi connectivity index (χ4n) is 3.14. The lowest BCUT2D eigenvalue weighted by atomic mass is 9.94. The van der Waals surface area contributed by atoms with Crippen LogP contribution in [0.25, 0.3) is 0 Å². The molecule has 2 saturated heterocycles. The van der Waals surface area contributed by atoms with E-state index in [0.29, 0.717) is 21.8 Å². The lowest BCUT2D eigenvalue weighted by Gasteiger charge is -2.36. The second-order valence-corrected chi connectivity index (χ2v) is 8.95. The van der Waals surface area contributed by atoms with Gasteiger partial charge in [-0.1, -0.05) is 15.9 Å². The molecule has 20 heavy (non-hydrogen) atoms. The van der Waals surface area contributed by atoms with Crippen molar-refractivity contribution in [2.75, 3.05) is 19.6 Å². The van der Waals surface area contributed by atoms with Crippen LogP contribution in [0.3, 0.4) is 0 Å². The third kappa shape index (κ3) is 2.59. The van der Waals surface area contributed by atoms with Crippen LogP contribution in [0.2, 0.25) is 0 Å². The van der Waals surface area contributed by atoms with Gasteiger partial charge in [0.25, 0.3) is 0 Å². The minimum Gasteiger partial charge on any atom is -0.315 e. The molecule has 2 atom stereocenters. The Morgan fingerprint density at radius 1 is 1.25 bits per heavy atom. The topological polar surface area (TPSA) is 49.4 Å². The van der Waals surface area contributed by atoms with Crippen LogP contribution in [0, 0.1) is 5.92 Å². The van der Waals surface area contributed by atoms with Crippen LogP contribution in [0.15, 0.2) is 32.0 Å². The van der Waals surface area contributed by atoms with Crippen molar-refractivity contribution in [3.8, 4) is 0 Å². The number of hydrogen-bond acceptors (Lipinski definition) is 3. The molecule has 2 aliphatic rings. The molecule has 2 aliphatic heterocycles. The number of halogens is 2. The molecule has 2 fully saturated rings. The molecular formula is C13H16Br2N2O2S. The van der Waals surface area contributed by atoms with E-state index < -0.39 is 10.0 Å². The van der Waals surface area contributed by atoms with Gasteiger partial charge in [0.2, 0.25) is 10.0 Å². The maximum atomic E-state index is 12.9. The molecule has 4 nitrogen and oxygen atoms in total. The van der Waals surface area contributed by atoms with E-state index in [9.17, 15) is 8.42 Å². The number of nitrogens with one attached hydrogen (secondary N) is 1. The first-order chi connectivity index (χ1) is 9.50. The first kappa shape index (κ1) is 15.0. The second kappa shape index (κ2) is 5.68. The maximum absolute atomic E-state index is 12.9. The number of fused-ring (bicyclic) bond motifs is 1. The van der Waals surface area contributed by atoms with Crippen molar-refractivity contribution in [1.82, 2.24) is 9.62 Å². The van der Waals surface area contributed by atoms with Crippen molar-refractivity contribution < 1.29 is 8.42 Å². The molecule has 0 saturated carbocycles. The molecule has 2 unspecified atom stereocenters. The molecule has 0 bridgehead atoms. The van der Waals surface area contributed by atoms with Gasteiger partial charge < -0.3 is 5.32 Å². The Morgan fingerprint density at radius 2 is 2.05 bits per heavy atom. The summed E-state index contributed by atoms with van der Waals surface area (Å²) in [6.07, 6.45) is 2.06. The maximum Gasteiger partial charge on any atom is 0.244 e. The summed E-state index contributed by atoms with van der Waals surface area (Å²) in [6.45, 7) is 2.31. The molecule has 2 heterocycles. The Kier molecular flexibility index (Phi) is 4.25. The van der Waals surface area contributed by atoms with Gasteiger partial charge in [-0.05, 0) is 59.4 Å². The lowest BCUT2D eigenvalue weighted by Crippen LogP contribution is -2.48. The largest absolute Gasteiger partial charge is 0.315 e. The number of sulfonamides is 1. The van der Waals surface area contributed by atoms with E-state index in [2.05, 4.69) is 37.2 Å².